The van der Waals surface area contributed by atoms with E-state index < -0.39 is 0 Å². The average Bonchev–Trinajstić information content (AvgIpc) is 2.29. The Morgan fingerprint density at radius 2 is 1.75 bits per heavy atom. The summed E-state index contributed by atoms with van der Waals surface area (Å²) < 4.78 is 0. The summed E-state index contributed by atoms with van der Waals surface area (Å²) in [4.78, 5) is 0. The summed E-state index contributed by atoms with van der Waals surface area (Å²) in [6.45, 7) is 0.582. The van der Waals surface area contributed by atoms with Crippen LogP contribution in [0.15, 0.2) is 42.5 Å². The molecule has 2 aromatic rings. The van der Waals surface area contributed by atoms with Crippen LogP contribution in [0.1, 0.15) is 16.7 Å². The van der Waals surface area contributed by atoms with Crippen molar-refractivity contribution in [2.75, 3.05) is 5.73 Å². The lowest BCUT2D eigenvalue weighted by molar-refractivity contribution is 1.06. The zero-order valence-electron chi connectivity index (χ0n) is 9.11. The normalized spacial score (nSPS) is 10.3. The molecule has 0 amide bonds. The summed E-state index contributed by atoms with van der Waals surface area (Å²) in [5, 5.41) is 0. The molecule has 1 radical (unpaired) electrons. The van der Waals surface area contributed by atoms with Crippen molar-refractivity contribution in [3.05, 3.63) is 65.2 Å². The largest absolute Gasteiger partial charge is 0.398 e. The Balaban J connectivity index is 2.20. The van der Waals surface area contributed by atoms with Gasteiger partial charge in [-0.2, -0.15) is 0 Å². The predicted octanol–water partition coefficient (Wildman–Crippen LogP) is 2.12. The van der Waals surface area contributed by atoms with E-state index in [1.807, 2.05) is 30.3 Å². The minimum Gasteiger partial charge on any atom is -0.398 e. The molecule has 0 bridgehead atoms. The Bertz CT molecular complexity index is 478. The molecule has 4 N–H and O–H groups in total. The second-order valence-corrected chi connectivity index (χ2v) is 3.85. The molecule has 0 aliphatic carbocycles. The van der Waals surface area contributed by atoms with Crippen LogP contribution in [0.25, 0.3) is 0 Å². The highest BCUT2D eigenvalue weighted by Gasteiger charge is 1.98. The Labute approximate surface area is 95.9 Å². The summed E-state index contributed by atoms with van der Waals surface area (Å²) in [5.74, 6) is 0. The number of nitrogen functional groups attached to an aromatic ring is 1. The first kappa shape index (κ1) is 10.7. The van der Waals surface area contributed by atoms with Crippen molar-refractivity contribution >= 4 is 5.69 Å². The van der Waals surface area contributed by atoms with Crippen molar-refractivity contribution in [1.29, 1.82) is 0 Å². The molecule has 0 saturated heterocycles. The second-order valence-electron chi connectivity index (χ2n) is 3.85. The lowest BCUT2D eigenvalue weighted by atomic mass is 10.0. The fraction of sp³-hybridized carbons (Fsp3) is 0.143. The molecule has 2 rings (SSSR count). The highest BCUT2D eigenvalue weighted by molar-refractivity contribution is 5.41. The van der Waals surface area contributed by atoms with E-state index in [-0.39, 0.29) is 0 Å². The summed E-state index contributed by atoms with van der Waals surface area (Å²) in [5.41, 5.74) is 15.6. The van der Waals surface area contributed by atoms with Gasteiger partial charge in [-0.1, -0.05) is 36.4 Å². The van der Waals surface area contributed by atoms with Crippen LogP contribution in [0.3, 0.4) is 0 Å². The van der Waals surface area contributed by atoms with Gasteiger partial charge in [-0.05, 0) is 29.2 Å². The Hall–Kier alpha value is -1.80. The molecule has 0 atom stereocenters. The van der Waals surface area contributed by atoms with Crippen molar-refractivity contribution in [3.8, 4) is 0 Å². The van der Waals surface area contributed by atoms with E-state index in [0.29, 0.717) is 12.2 Å². The fourth-order valence-electron chi connectivity index (χ4n) is 1.75. The molecule has 0 aliphatic rings. The van der Waals surface area contributed by atoms with Gasteiger partial charge in [0.05, 0.1) is 0 Å². The van der Waals surface area contributed by atoms with E-state index in [4.69, 9.17) is 11.5 Å². The van der Waals surface area contributed by atoms with Crippen LogP contribution in [0.5, 0.6) is 0 Å². The zero-order chi connectivity index (χ0) is 11.4. The van der Waals surface area contributed by atoms with Gasteiger partial charge in [-0.15, -0.1) is 0 Å². The van der Waals surface area contributed by atoms with E-state index >= 15 is 0 Å². The molecule has 0 aromatic heterocycles. The quantitative estimate of drug-likeness (QED) is 0.764. The maximum absolute atomic E-state index is 5.69. The molecule has 2 heteroatoms. The van der Waals surface area contributed by atoms with Gasteiger partial charge in [0, 0.05) is 18.3 Å². The van der Waals surface area contributed by atoms with E-state index in [1.54, 1.807) is 0 Å². The summed E-state index contributed by atoms with van der Waals surface area (Å²) >= 11 is 0. The first-order valence-electron chi connectivity index (χ1n) is 5.32. The van der Waals surface area contributed by atoms with Crippen LogP contribution in [-0.4, -0.2) is 0 Å². The molecule has 0 heterocycles. The number of nitrogens with two attached hydrogens (primary N) is 2. The number of rotatable bonds is 3. The topological polar surface area (TPSA) is 52.0 Å². The van der Waals surface area contributed by atoms with E-state index in [0.717, 1.165) is 12.0 Å². The Morgan fingerprint density at radius 3 is 2.50 bits per heavy atom. The van der Waals surface area contributed by atoms with Crippen molar-refractivity contribution in [1.82, 2.24) is 0 Å². The van der Waals surface area contributed by atoms with Crippen LogP contribution >= 0.6 is 0 Å². The molecule has 81 valence electrons. The Morgan fingerprint density at radius 1 is 1.00 bits per heavy atom. The monoisotopic (exact) mass is 211 g/mol. The summed E-state index contributed by atoms with van der Waals surface area (Å²) in [7, 11) is 0. The molecule has 0 spiro atoms. The van der Waals surface area contributed by atoms with E-state index in [9.17, 15) is 0 Å². The molecule has 16 heavy (non-hydrogen) atoms. The third kappa shape index (κ3) is 2.61. The van der Waals surface area contributed by atoms with Gasteiger partial charge in [0.1, 0.15) is 0 Å². The molecule has 2 nitrogen and oxygen atoms in total. The Kier molecular flexibility index (Phi) is 3.22. The molecule has 0 fully saturated rings. The smallest absolute Gasteiger partial charge is 0.0397 e. The van der Waals surface area contributed by atoms with Gasteiger partial charge in [-0.3, -0.25) is 0 Å². The van der Waals surface area contributed by atoms with E-state index in [1.165, 1.54) is 11.1 Å². The number of anilines is 1. The van der Waals surface area contributed by atoms with Crippen molar-refractivity contribution in [3.63, 3.8) is 0 Å². The third-order valence-corrected chi connectivity index (χ3v) is 2.52. The van der Waals surface area contributed by atoms with Gasteiger partial charge in [0.15, 0.2) is 0 Å². The highest BCUT2D eigenvalue weighted by Crippen LogP contribution is 2.13. The first-order valence-corrected chi connectivity index (χ1v) is 5.32. The van der Waals surface area contributed by atoms with Gasteiger partial charge in [-0.25, -0.2) is 0 Å². The minimum absolute atomic E-state index is 0.582. The maximum atomic E-state index is 5.69. The number of hydrogen-bond acceptors (Lipinski definition) is 2. The van der Waals surface area contributed by atoms with Crippen molar-refractivity contribution in [2.45, 2.75) is 13.0 Å². The third-order valence-electron chi connectivity index (χ3n) is 2.52. The number of benzene rings is 2. The van der Waals surface area contributed by atoms with Gasteiger partial charge < -0.3 is 11.5 Å². The molecule has 0 saturated carbocycles. The second kappa shape index (κ2) is 4.81. The summed E-state index contributed by atoms with van der Waals surface area (Å²) in [6.07, 6.45) is 0.882. The van der Waals surface area contributed by atoms with Crippen LogP contribution in [0, 0.1) is 6.07 Å². The minimum atomic E-state index is 0.582. The van der Waals surface area contributed by atoms with Crippen LogP contribution < -0.4 is 11.5 Å². The molecule has 0 unspecified atom stereocenters. The molecular weight excluding hydrogens is 196 g/mol. The lowest BCUT2D eigenvalue weighted by Crippen LogP contribution is -1.97. The average molecular weight is 211 g/mol. The zero-order valence-corrected chi connectivity index (χ0v) is 9.11. The maximum Gasteiger partial charge on any atom is 0.0397 e. The molecule has 0 aliphatic heterocycles. The van der Waals surface area contributed by atoms with Gasteiger partial charge >= 0.3 is 0 Å². The highest BCUT2D eigenvalue weighted by atomic mass is 14.5. The first-order chi connectivity index (χ1) is 7.78. The SMILES string of the molecule is NCc1cccc(Cc2cc[c]c(N)c2)c1. The van der Waals surface area contributed by atoms with E-state index in [2.05, 4.69) is 18.2 Å². The lowest BCUT2D eigenvalue weighted by Gasteiger charge is -2.04. The van der Waals surface area contributed by atoms with Crippen LogP contribution in [-0.2, 0) is 13.0 Å². The van der Waals surface area contributed by atoms with Gasteiger partial charge in [0.2, 0.25) is 0 Å². The van der Waals surface area contributed by atoms with Crippen LogP contribution in [0.2, 0.25) is 0 Å². The van der Waals surface area contributed by atoms with Crippen LogP contribution in [0.4, 0.5) is 5.69 Å². The van der Waals surface area contributed by atoms with Gasteiger partial charge in [0.25, 0.3) is 0 Å². The van der Waals surface area contributed by atoms with Crippen molar-refractivity contribution < 1.29 is 0 Å². The molecular formula is C14H15N2. The fourth-order valence-corrected chi connectivity index (χ4v) is 1.75. The van der Waals surface area contributed by atoms with Crippen molar-refractivity contribution in [2.24, 2.45) is 5.73 Å². The standard InChI is InChI=1S/C14H15N2/c15-10-13-5-1-3-11(8-13)7-12-4-2-6-14(16)9-12/h1-5,8-9H,7,10,15-16H2. The predicted molar refractivity (Wildman–Crippen MR) is 66.8 cm³/mol. The molecule has 2 aromatic carbocycles. The number of hydrogen-bond donors (Lipinski definition) is 2. The summed E-state index contributed by atoms with van der Waals surface area (Å²) in [6, 6.07) is 17.1.